The van der Waals surface area contributed by atoms with Gasteiger partial charge in [-0.15, -0.1) is 0 Å². The zero-order valence-electron chi connectivity index (χ0n) is 9.74. The van der Waals surface area contributed by atoms with Crippen LogP contribution in [0.2, 0.25) is 0 Å². The van der Waals surface area contributed by atoms with E-state index < -0.39 is 0 Å². The van der Waals surface area contributed by atoms with Gasteiger partial charge in [0.2, 0.25) is 11.8 Å². The van der Waals surface area contributed by atoms with Gasteiger partial charge in [0.05, 0.1) is 17.5 Å². The number of carbonyl (C=O) groups is 2. The molecular weight excluding hydrogens is 230 g/mol. The van der Waals surface area contributed by atoms with Crippen LogP contribution in [0.3, 0.4) is 0 Å². The Morgan fingerprint density at radius 3 is 2.22 bits per heavy atom. The quantitative estimate of drug-likeness (QED) is 0.605. The number of hydrogen-bond acceptors (Lipinski definition) is 3. The maximum atomic E-state index is 12.3. The Balaban J connectivity index is 1.99. The van der Waals surface area contributed by atoms with Gasteiger partial charge in [0.25, 0.3) is 0 Å². The Kier molecular flexibility index (Phi) is 2.44. The van der Waals surface area contributed by atoms with Crippen LogP contribution in [0.5, 0.6) is 5.75 Å². The highest BCUT2D eigenvalue weighted by Gasteiger charge is 2.47. The van der Waals surface area contributed by atoms with Gasteiger partial charge in [0.15, 0.2) is 0 Å². The van der Waals surface area contributed by atoms with E-state index in [4.69, 9.17) is 0 Å². The van der Waals surface area contributed by atoms with Crippen molar-refractivity contribution >= 4 is 17.5 Å². The van der Waals surface area contributed by atoms with E-state index in [0.717, 1.165) is 0 Å². The van der Waals surface area contributed by atoms with Crippen molar-refractivity contribution in [3.05, 3.63) is 36.4 Å². The Labute approximate surface area is 105 Å². The van der Waals surface area contributed by atoms with E-state index in [1.54, 1.807) is 12.1 Å². The fraction of sp³-hybridized carbons (Fsp3) is 0.286. The molecule has 1 aromatic rings. The molecule has 0 unspecified atom stereocenters. The Morgan fingerprint density at radius 1 is 1.06 bits per heavy atom. The molecule has 2 aliphatic rings. The second-order valence-corrected chi connectivity index (χ2v) is 4.69. The summed E-state index contributed by atoms with van der Waals surface area (Å²) >= 11 is 0. The molecule has 0 radical (unpaired) electrons. The molecule has 92 valence electrons. The number of anilines is 1. The molecule has 1 saturated heterocycles. The minimum Gasteiger partial charge on any atom is -0.508 e. The largest absolute Gasteiger partial charge is 0.508 e. The van der Waals surface area contributed by atoms with E-state index in [1.165, 1.54) is 17.0 Å². The first-order valence-corrected chi connectivity index (χ1v) is 6.00. The Bertz CT molecular complexity index is 524. The van der Waals surface area contributed by atoms with Crippen molar-refractivity contribution in [2.75, 3.05) is 4.90 Å². The summed E-state index contributed by atoms with van der Waals surface area (Å²) in [6.45, 7) is 0. The topological polar surface area (TPSA) is 57.6 Å². The summed E-state index contributed by atoms with van der Waals surface area (Å²) < 4.78 is 0. The molecule has 1 N–H and O–H groups in total. The second-order valence-electron chi connectivity index (χ2n) is 4.69. The van der Waals surface area contributed by atoms with Crippen LogP contribution >= 0.6 is 0 Å². The standard InChI is InChI=1S/C14H13NO3/c16-10-5-3-4-9(8-10)15-13(17)11-6-1-2-7-12(11)14(15)18/h1-5,8,11-12,16H,6-7H2/t11-,12-/m0/s1. The lowest BCUT2D eigenvalue weighted by Gasteiger charge is -2.14. The molecule has 18 heavy (non-hydrogen) atoms. The van der Waals surface area contributed by atoms with Crippen LogP contribution in [-0.2, 0) is 9.59 Å². The normalized spacial score (nSPS) is 26.6. The van der Waals surface area contributed by atoms with Gasteiger partial charge < -0.3 is 5.11 Å². The van der Waals surface area contributed by atoms with Crippen molar-refractivity contribution in [2.45, 2.75) is 12.8 Å². The van der Waals surface area contributed by atoms with Gasteiger partial charge in [0.1, 0.15) is 5.75 Å². The van der Waals surface area contributed by atoms with Crippen LogP contribution in [0.15, 0.2) is 36.4 Å². The molecule has 1 heterocycles. The maximum Gasteiger partial charge on any atom is 0.238 e. The van der Waals surface area contributed by atoms with Gasteiger partial charge in [-0.05, 0) is 25.0 Å². The molecule has 1 aromatic carbocycles. The van der Waals surface area contributed by atoms with Crippen LogP contribution in [0.1, 0.15) is 12.8 Å². The summed E-state index contributed by atoms with van der Waals surface area (Å²) in [7, 11) is 0. The lowest BCUT2D eigenvalue weighted by Crippen LogP contribution is -2.30. The predicted octanol–water partition coefficient (Wildman–Crippen LogP) is 1.85. The number of phenols is 1. The van der Waals surface area contributed by atoms with E-state index in [0.29, 0.717) is 18.5 Å². The maximum absolute atomic E-state index is 12.3. The van der Waals surface area contributed by atoms with Crippen molar-refractivity contribution in [3.8, 4) is 5.75 Å². The highest BCUT2D eigenvalue weighted by molar-refractivity contribution is 6.22. The number of allylic oxidation sites excluding steroid dienone is 2. The van der Waals surface area contributed by atoms with Crippen LogP contribution in [-0.4, -0.2) is 16.9 Å². The number of nitrogens with zero attached hydrogens (tertiary/aromatic N) is 1. The summed E-state index contributed by atoms with van der Waals surface area (Å²) in [5.74, 6) is -0.712. The van der Waals surface area contributed by atoms with E-state index in [9.17, 15) is 14.7 Å². The van der Waals surface area contributed by atoms with Crippen molar-refractivity contribution < 1.29 is 14.7 Å². The zero-order chi connectivity index (χ0) is 12.7. The van der Waals surface area contributed by atoms with E-state index in [-0.39, 0.29) is 29.4 Å². The average molecular weight is 243 g/mol. The summed E-state index contributed by atoms with van der Waals surface area (Å²) in [6, 6.07) is 6.26. The third-order valence-electron chi connectivity index (χ3n) is 3.60. The number of rotatable bonds is 1. The van der Waals surface area contributed by atoms with Gasteiger partial charge in [-0.3, -0.25) is 9.59 Å². The SMILES string of the molecule is O=C1[C@H]2CC=CC[C@@H]2C(=O)N1c1cccc(O)c1. The number of hydrogen-bond donors (Lipinski definition) is 1. The molecule has 3 rings (SSSR count). The summed E-state index contributed by atoms with van der Waals surface area (Å²) in [5, 5.41) is 9.44. The van der Waals surface area contributed by atoms with Gasteiger partial charge in [-0.25, -0.2) is 4.90 Å². The lowest BCUT2D eigenvalue weighted by atomic mass is 9.85. The summed E-state index contributed by atoms with van der Waals surface area (Å²) in [4.78, 5) is 25.7. The average Bonchev–Trinajstić information content (AvgIpc) is 2.63. The third kappa shape index (κ3) is 1.53. The van der Waals surface area contributed by atoms with Crippen LogP contribution in [0.25, 0.3) is 0 Å². The molecule has 0 bridgehead atoms. The van der Waals surface area contributed by atoms with Crippen molar-refractivity contribution in [1.29, 1.82) is 0 Å². The molecule has 1 fully saturated rings. The molecular formula is C14H13NO3. The Morgan fingerprint density at radius 2 is 1.67 bits per heavy atom. The highest BCUT2D eigenvalue weighted by atomic mass is 16.3. The molecule has 2 amide bonds. The first-order valence-electron chi connectivity index (χ1n) is 6.00. The molecule has 0 spiro atoms. The second kappa shape index (κ2) is 3.98. The first-order chi connectivity index (χ1) is 8.68. The number of carbonyl (C=O) groups excluding carboxylic acids is 2. The Hall–Kier alpha value is -2.10. The number of imide groups is 1. The summed E-state index contributed by atoms with van der Waals surface area (Å²) in [5.41, 5.74) is 0.458. The monoisotopic (exact) mass is 243 g/mol. The minimum absolute atomic E-state index is 0.0566. The minimum atomic E-state index is -0.232. The molecule has 0 saturated carbocycles. The summed E-state index contributed by atoms with van der Waals surface area (Å²) in [6.07, 6.45) is 5.17. The smallest absolute Gasteiger partial charge is 0.238 e. The van der Waals surface area contributed by atoms with Crippen LogP contribution < -0.4 is 4.90 Å². The number of aromatic hydroxyl groups is 1. The number of amides is 2. The van der Waals surface area contributed by atoms with Crippen molar-refractivity contribution in [1.82, 2.24) is 0 Å². The molecule has 1 aliphatic heterocycles. The fourth-order valence-corrected chi connectivity index (χ4v) is 2.69. The molecule has 4 heteroatoms. The van der Waals surface area contributed by atoms with Gasteiger partial charge in [-0.2, -0.15) is 0 Å². The fourth-order valence-electron chi connectivity index (χ4n) is 2.69. The number of phenolic OH excluding ortho intramolecular Hbond substituents is 1. The van der Waals surface area contributed by atoms with E-state index >= 15 is 0 Å². The molecule has 4 nitrogen and oxygen atoms in total. The molecule has 1 aliphatic carbocycles. The number of fused-ring (bicyclic) bond motifs is 1. The number of benzene rings is 1. The van der Waals surface area contributed by atoms with Gasteiger partial charge in [-0.1, -0.05) is 18.2 Å². The molecule has 0 aromatic heterocycles. The zero-order valence-corrected chi connectivity index (χ0v) is 9.74. The third-order valence-corrected chi connectivity index (χ3v) is 3.60. The van der Waals surface area contributed by atoms with Crippen LogP contribution in [0, 0.1) is 11.8 Å². The predicted molar refractivity (Wildman–Crippen MR) is 66.0 cm³/mol. The molecule has 2 atom stereocenters. The van der Waals surface area contributed by atoms with E-state index in [2.05, 4.69) is 0 Å². The van der Waals surface area contributed by atoms with Gasteiger partial charge >= 0.3 is 0 Å². The lowest BCUT2D eigenvalue weighted by molar-refractivity contribution is -0.122. The first kappa shape index (κ1) is 11.0. The van der Waals surface area contributed by atoms with Crippen molar-refractivity contribution in [2.24, 2.45) is 11.8 Å². The van der Waals surface area contributed by atoms with E-state index in [1.807, 2.05) is 12.2 Å². The van der Waals surface area contributed by atoms with Crippen molar-refractivity contribution in [3.63, 3.8) is 0 Å². The van der Waals surface area contributed by atoms with Gasteiger partial charge in [0, 0.05) is 6.07 Å². The highest BCUT2D eigenvalue weighted by Crippen LogP contribution is 2.38. The van der Waals surface area contributed by atoms with Crippen LogP contribution in [0.4, 0.5) is 5.69 Å².